The van der Waals surface area contributed by atoms with E-state index in [0.717, 1.165) is 27.8 Å². The lowest BCUT2D eigenvalue weighted by molar-refractivity contribution is 0.391. The molecule has 7 nitrogen and oxygen atoms in total. The summed E-state index contributed by atoms with van der Waals surface area (Å²) in [5.74, 6) is 2.50. The van der Waals surface area contributed by atoms with Crippen molar-refractivity contribution in [1.29, 1.82) is 0 Å². The molecule has 3 heterocycles. The predicted molar refractivity (Wildman–Crippen MR) is 133 cm³/mol. The molecule has 170 valence electrons. The van der Waals surface area contributed by atoms with E-state index in [1.54, 1.807) is 12.4 Å². The van der Waals surface area contributed by atoms with Gasteiger partial charge >= 0.3 is 0 Å². The molecule has 0 bridgehead atoms. The summed E-state index contributed by atoms with van der Waals surface area (Å²) < 4.78 is 7.56. The Labute approximate surface area is 206 Å². The van der Waals surface area contributed by atoms with Gasteiger partial charge in [-0.3, -0.25) is 9.55 Å². The molecule has 0 unspecified atom stereocenters. The normalized spacial score (nSPS) is 11.3. The van der Waals surface area contributed by atoms with Crippen molar-refractivity contribution < 1.29 is 4.52 Å². The number of benzene rings is 2. The molecule has 0 amide bonds. The monoisotopic (exact) mass is 488 g/mol. The minimum atomic E-state index is 0.328. The smallest absolute Gasteiger partial charge is 0.237 e. The first kappa shape index (κ1) is 22.3. The molecule has 2 aromatic carbocycles. The summed E-state index contributed by atoms with van der Waals surface area (Å²) in [7, 11) is 0. The summed E-state index contributed by atoms with van der Waals surface area (Å²) in [6, 6.07) is 19.5. The Bertz CT molecular complexity index is 1420. The number of thioether (sulfide) groups is 1. The summed E-state index contributed by atoms with van der Waals surface area (Å²) in [5.41, 5.74) is 3.94. The molecule has 0 aliphatic carbocycles. The van der Waals surface area contributed by atoms with Crippen molar-refractivity contribution in [2.75, 3.05) is 0 Å². The van der Waals surface area contributed by atoms with Gasteiger partial charge in [0.15, 0.2) is 11.0 Å². The summed E-state index contributed by atoms with van der Waals surface area (Å²) in [4.78, 5) is 8.79. The van der Waals surface area contributed by atoms with Gasteiger partial charge in [0.1, 0.15) is 0 Å². The van der Waals surface area contributed by atoms with Gasteiger partial charge in [-0.2, -0.15) is 4.98 Å². The number of rotatable bonds is 7. The quantitative estimate of drug-likeness (QED) is 0.243. The van der Waals surface area contributed by atoms with E-state index in [9.17, 15) is 0 Å². The predicted octanol–water partition coefficient (Wildman–Crippen LogP) is 6.45. The number of hydrogen-bond acceptors (Lipinski definition) is 7. The fourth-order valence-corrected chi connectivity index (χ4v) is 4.60. The Morgan fingerprint density at radius 1 is 1.00 bits per heavy atom. The van der Waals surface area contributed by atoms with Crippen LogP contribution in [-0.4, -0.2) is 29.9 Å². The maximum Gasteiger partial charge on any atom is 0.237 e. The Morgan fingerprint density at radius 2 is 1.85 bits per heavy atom. The van der Waals surface area contributed by atoms with Crippen LogP contribution in [0, 0.1) is 0 Å². The molecular weight excluding hydrogens is 468 g/mol. The zero-order chi connectivity index (χ0) is 23.5. The largest absolute Gasteiger partial charge is 0.338 e. The fourth-order valence-electron chi connectivity index (χ4n) is 3.63. The van der Waals surface area contributed by atoms with E-state index >= 15 is 0 Å². The molecule has 0 spiro atoms. The molecule has 0 aliphatic rings. The maximum atomic E-state index is 6.09. The second-order valence-corrected chi connectivity index (χ2v) is 9.29. The highest BCUT2D eigenvalue weighted by Gasteiger charge is 2.20. The Balaban J connectivity index is 1.49. The van der Waals surface area contributed by atoms with Gasteiger partial charge in [0.2, 0.25) is 11.7 Å². The average Bonchev–Trinajstić information content (AvgIpc) is 3.50. The fraction of sp³-hybridized carbons (Fsp3) is 0.160. The first-order valence-corrected chi connectivity index (χ1v) is 12.1. The van der Waals surface area contributed by atoms with Crippen LogP contribution < -0.4 is 0 Å². The average molecular weight is 489 g/mol. The third-order valence-corrected chi connectivity index (χ3v) is 6.38. The van der Waals surface area contributed by atoms with Crippen LogP contribution in [0.1, 0.15) is 31.2 Å². The van der Waals surface area contributed by atoms with E-state index in [1.165, 1.54) is 17.3 Å². The third kappa shape index (κ3) is 4.60. The molecule has 34 heavy (non-hydrogen) atoms. The maximum absolute atomic E-state index is 6.09. The van der Waals surface area contributed by atoms with Crippen molar-refractivity contribution in [2.24, 2.45) is 0 Å². The van der Waals surface area contributed by atoms with Crippen LogP contribution >= 0.6 is 23.4 Å². The van der Waals surface area contributed by atoms with Crippen molar-refractivity contribution in [2.45, 2.75) is 30.7 Å². The topological polar surface area (TPSA) is 82.5 Å². The summed E-state index contributed by atoms with van der Waals surface area (Å²) in [6.07, 6.45) is 3.54. The molecule has 5 aromatic rings. The van der Waals surface area contributed by atoms with E-state index in [1.807, 2.05) is 42.5 Å². The lowest BCUT2D eigenvalue weighted by atomic mass is 10.0. The van der Waals surface area contributed by atoms with Crippen LogP contribution in [0.25, 0.3) is 28.5 Å². The zero-order valence-electron chi connectivity index (χ0n) is 18.6. The Morgan fingerprint density at radius 3 is 2.65 bits per heavy atom. The molecule has 0 saturated carbocycles. The van der Waals surface area contributed by atoms with E-state index in [4.69, 9.17) is 16.1 Å². The minimum absolute atomic E-state index is 0.328. The zero-order valence-corrected chi connectivity index (χ0v) is 20.2. The molecule has 0 saturated heterocycles. The number of halogens is 1. The molecular formula is C25H21ClN6OS. The van der Waals surface area contributed by atoms with Gasteiger partial charge in [-0.25, -0.2) is 0 Å². The van der Waals surface area contributed by atoms with Crippen LogP contribution in [0.15, 0.2) is 82.7 Å². The van der Waals surface area contributed by atoms with Crippen molar-refractivity contribution in [3.8, 4) is 28.5 Å². The number of nitrogens with zero attached hydrogens (tertiary/aromatic N) is 6. The molecule has 0 fully saturated rings. The van der Waals surface area contributed by atoms with E-state index in [-0.39, 0.29) is 0 Å². The highest BCUT2D eigenvalue weighted by Crippen LogP contribution is 2.33. The second kappa shape index (κ2) is 9.79. The van der Waals surface area contributed by atoms with E-state index in [2.05, 4.69) is 61.9 Å². The molecule has 5 rings (SSSR count). The summed E-state index contributed by atoms with van der Waals surface area (Å²) in [6.45, 7) is 4.35. The summed E-state index contributed by atoms with van der Waals surface area (Å²) >= 11 is 7.58. The van der Waals surface area contributed by atoms with Gasteiger partial charge in [0.05, 0.1) is 11.4 Å². The van der Waals surface area contributed by atoms with Crippen LogP contribution in [0.3, 0.4) is 0 Å². The number of para-hydroxylation sites is 1. The van der Waals surface area contributed by atoms with Crippen LogP contribution in [0.2, 0.25) is 5.02 Å². The number of aromatic nitrogens is 6. The third-order valence-electron chi connectivity index (χ3n) is 5.23. The van der Waals surface area contributed by atoms with Crippen molar-refractivity contribution in [3.05, 3.63) is 89.5 Å². The lowest BCUT2D eigenvalue weighted by Crippen LogP contribution is -2.05. The van der Waals surface area contributed by atoms with Crippen LogP contribution in [-0.2, 0) is 5.75 Å². The standard InChI is InChI=1S/C25H21ClN6OS/c1-16(2)20-10-3-4-11-21(20)32-24(18-8-6-12-27-14-18)29-30-25(32)34-15-22-28-23(31-33-22)17-7-5-9-19(26)13-17/h3-14,16H,15H2,1-2H3. The SMILES string of the molecule is CC(C)c1ccccc1-n1c(SCc2nc(-c3cccc(Cl)c3)no2)nnc1-c1cccnc1. The van der Waals surface area contributed by atoms with Gasteiger partial charge in [0.25, 0.3) is 0 Å². The van der Waals surface area contributed by atoms with Crippen molar-refractivity contribution in [1.82, 2.24) is 29.9 Å². The second-order valence-electron chi connectivity index (χ2n) is 7.91. The Kier molecular flexibility index (Phi) is 6.42. The van der Waals surface area contributed by atoms with Crippen molar-refractivity contribution in [3.63, 3.8) is 0 Å². The van der Waals surface area contributed by atoms with Gasteiger partial charge in [-0.1, -0.05) is 72.7 Å². The molecule has 0 atom stereocenters. The van der Waals surface area contributed by atoms with Gasteiger partial charge in [-0.15, -0.1) is 10.2 Å². The van der Waals surface area contributed by atoms with Gasteiger partial charge in [0, 0.05) is 28.5 Å². The molecule has 0 radical (unpaired) electrons. The lowest BCUT2D eigenvalue weighted by Gasteiger charge is -2.16. The van der Waals surface area contributed by atoms with Gasteiger partial charge < -0.3 is 4.52 Å². The number of pyridine rings is 1. The van der Waals surface area contributed by atoms with Crippen LogP contribution in [0.5, 0.6) is 0 Å². The van der Waals surface area contributed by atoms with E-state index < -0.39 is 0 Å². The summed E-state index contributed by atoms with van der Waals surface area (Å²) in [5, 5.41) is 14.5. The molecule has 9 heteroatoms. The first-order chi connectivity index (χ1) is 16.6. The highest BCUT2D eigenvalue weighted by atomic mass is 35.5. The van der Waals surface area contributed by atoms with E-state index in [0.29, 0.717) is 28.4 Å². The highest BCUT2D eigenvalue weighted by molar-refractivity contribution is 7.98. The molecule has 0 aliphatic heterocycles. The van der Waals surface area contributed by atoms with Crippen LogP contribution in [0.4, 0.5) is 0 Å². The molecule has 3 aromatic heterocycles. The number of hydrogen-bond donors (Lipinski definition) is 0. The minimum Gasteiger partial charge on any atom is -0.338 e. The van der Waals surface area contributed by atoms with Crippen molar-refractivity contribution >= 4 is 23.4 Å². The molecule has 0 N–H and O–H groups in total. The first-order valence-electron chi connectivity index (χ1n) is 10.8. The Hall–Kier alpha value is -3.49. The van der Waals surface area contributed by atoms with Gasteiger partial charge in [-0.05, 0) is 41.8 Å².